The topological polar surface area (TPSA) is 72.3 Å². The Morgan fingerprint density at radius 3 is 2.69 bits per heavy atom. The van der Waals surface area contributed by atoms with Crippen molar-refractivity contribution < 1.29 is 4.79 Å². The first-order valence-electron chi connectivity index (χ1n) is 4.82. The third-order valence-electron chi connectivity index (χ3n) is 2.44. The summed E-state index contributed by atoms with van der Waals surface area (Å²) in [5, 5.41) is 1.79. The molecule has 1 heterocycles. The SMILES string of the molecule is CC(CN)N(C)Cc1cc(C(N)=O)cs1.Cl. The average molecular weight is 264 g/mol. The molecule has 6 heteroatoms. The predicted octanol–water partition coefficient (Wildman–Crippen LogP) is 1.05. The molecule has 4 N–H and O–H groups in total. The van der Waals surface area contributed by atoms with Crippen LogP contribution in [0.1, 0.15) is 22.2 Å². The molecule has 4 nitrogen and oxygen atoms in total. The van der Waals surface area contributed by atoms with E-state index in [1.54, 1.807) is 16.7 Å². The summed E-state index contributed by atoms with van der Waals surface area (Å²) in [5.74, 6) is -0.368. The van der Waals surface area contributed by atoms with Gasteiger partial charge in [-0.1, -0.05) is 0 Å². The van der Waals surface area contributed by atoms with Gasteiger partial charge in [0.15, 0.2) is 0 Å². The van der Waals surface area contributed by atoms with Crippen molar-refractivity contribution in [3.63, 3.8) is 0 Å². The average Bonchev–Trinajstić information content (AvgIpc) is 2.65. The van der Waals surface area contributed by atoms with E-state index in [0.29, 0.717) is 18.2 Å². The summed E-state index contributed by atoms with van der Waals surface area (Å²) in [6.45, 7) is 3.50. The molecule has 1 amide bonds. The third kappa shape index (κ3) is 4.09. The van der Waals surface area contributed by atoms with Crippen molar-refractivity contribution >= 4 is 29.7 Å². The number of hydrogen-bond acceptors (Lipinski definition) is 4. The summed E-state index contributed by atoms with van der Waals surface area (Å²) in [6, 6.07) is 2.18. The van der Waals surface area contributed by atoms with Crippen molar-refractivity contribution in [2.24, 2.45) is 11.5 Å². The Morgan fingerprint density at radius 2 is 2.25 bits per heavy atom. The van der Waals surface area contributed by atoms with E-state index in [2.05, 4.69) is 11.8 Å². The summed E-state index contributed by atoms with van der Waals surface area (Å²) in [6.07, 6.45) is 0. The van der Waals surface area contributed by atoms with Crippen LogP contribution < -0.4 is 11.5 Å². The fourth-order valence-corrected chi connectivity index (χ4v) is 2.11. The molecule has 16 heavy (non-hydrogen) atoms. The largest absolute Gasteiger partial charge is 0.366 e. The Hall–Kier alpha value is -0.620. The molecule has 0 saturated carbocycles. The van der Waals surface area contributed by atoms with Crippen LogP contribution in [0.2, 0.25) is 0 Å². The zero-order valence-corrected chi connectivity index (χ0v) is 11.1. The molecule has 0 aromatic carbocycles. The second-order valence-electron chi connectivity index (χ2n) is 3.67. The Bertz CT molecular complexity index is 343. The van der Waals surface area contributed by atoms with Crippen LogP contribution in [0.15, 0.2) is 11.4 Å². The zero-order valence-electron chi connectivity index (χ0n) is 9.47. The van der Waals surface area contributed by atoms with Crippen LogP contribution in [-0.4, -0.2) is 30.4 Å². The first kappa shape index (κ1) is 15.4. The molecule has 0 aliphatic heterocycles. The molecule has 0 radical (unpaired) electrons. The number of halogens is 1. The summed E-state index contributed by atoms with van der Waals surface area (Å²) in [5.41, 5.74) is 11.3. The minimum Gasteiger partial charge on any atom is -0.366 e. The fourth-order valence-electron chi connectivity index (χ4n) is 1.17. The van der Waals surface area contributed by atoms with Crippen LogP contribution in [0.4, 0.5) is 0 Å². The number of nitrogens with zero attached hydrogens (tertiary/aromatic N) is 1. The lowest BCUT2D eigenvalue weighted by molar-refractivity contribution is 0.100. The normalized spacial score (nSPS) is 12.2. The van der Waals surface area contributed by atoms with Crippen LogP contribution >= 0.6 is 23.7 Å². The van der Waals surface area contributed by atoms with Gasteiger partial charge in [0.25, 0.3) is 0 Å². The lowest BCUT2D eigenvalue weighted by atomic mass is 10.2. The van der Waals surface area contributed by atoms with Gasteiger partial charge < -0.3 is 11.5 Å². The molecule has 0 aliphatic carbocycles. The fraction of sp³-hybridized carbons (Fsp3) is 0.500. The molecule has 0 saturated heterocycles. The zero-order chi connectivity index (χ0) is 11.4. The number of nitrogens with two attached hydrogens (primary N) is 2. The highest BCUT2D eigenvalue weighted by atomic mass is 35.5. The van der Waals surface area contributed by atoms with Gasteiger partial charge in [0.05, 0.1) is 5.56 Å². The first-order valence-corrected chi connectivity index (χ1v) is 5.70. The number of carbonyl (C=O) groups excluding carboxylic acids is 1. The van der Waals surface area contributed by atoms with E-state index >= 15 is 0 Å². The quantitative estimate of drug-likeness (QED) is 0.834. The smallest absolute Gasteiger partial charge is 0.249 e. The van der Waals surface area contributed by atoms with E-state index in [-0.39, 0.29) is 18.3 Å². The number of primary amides is 1. The number of amides is 1. The van der Waals surface area contributed by atoms with Gasteiger partial charge in [0.2, 0.25) is 5.91 Å². The predicted molar refractivity (Wildman–Crippen MR) is 70.1 cm³/mol. The van der Waals surface area contributed by atoms with Gasteiger partial charge in [-0.25, -0.2) is 0 Å². The number of rotatable bonds is 5. The molecule has 1 aromatic rings. The Balaban J connectivity index is 0.00000225. The molecule has 1 aromatic heterocycles. The summed E-state index contributed by atoms with van der Waals surface area (Å²) >= 11 is 1.55. The number of thiophene rings is 1. The second-order valence-corrected chi connectivity index (χ2v) is 4.66. The molecular weight excluding hydrogens is 246 g/mol. The van der Waals surface area contributed by atoms with E-state index in [9.17, 15) is 4.79 Å². The highest BCUT2D eigenvalue weighted by Gasteiger charge is 2.10. The van der Waals surface area contributed by atoms with E-state index in [4.69, 9.17) is 11.5 Å². The van der Waals surface area contributed by atoms with Crippen molar-refractivity contribution in [1.29, 1.82) is 0 Å². The third-order valence-corrected chi connectivity index (χ3v) is 3.36. The molecule has 0 bridgehead atoms. The van der Waals surface area contributed by atoms with E-state index in [0.717, 1.165) is 11.4 Å². The number of hydrogen-bond donors (Lipinski definition) is 2. The van der Waals surface area contributed by atoms with Crippen molar-refractivity contribution in [2.45, 2.75) is 19.5 Å². The van der Waals surface area contributed by atoms with E-state index in [1.807, 2.05) is 13.1 Å². The van der Waals surface area contributed by atoms with Crippen molar-refractivity contribution in [3.8, 4) is 0 Å². The van der Waals surface area contributed by atoms with Gasteiger partial charge in [-0.2, -0.15) is 0 Å². The van der Waals surface area contributed by atoms with Crippen LogP contribution in [0.5, 0.6) is 0 Å². The Kier molecular flexibility index (Phi) is 6.59. The van der Waals surface area contributed by atoms with Gasteiger partial charge >= 0.3 is 0 Å². The lowest BCUT2D eigenvalue weighted by Crippen LogP contribution is -2.34. The van der Waals surface area contributed by atoms with Gasteiger partial charge in [-0.05, 0) is 20.0 Å². The minimum atomic E-state index is -0.368. The van der Waals surface area contributed by atoms with Gasteiger partial charge in [-0.15, -0.1) is 23.7 Å². The molecule has 1 rings (SSSR count). The van der Waals surface area contributed by atoms with Crippen molar-refractivity contribution in [1.82, 2.24) is 4.90 Å². The first-order chi connectivity index (χ1) is 7.04. The molecule has 0 spiro atoms. The van der Waals surface area contributed by atoms with Gasteiger partial charge in [0.1, 0.15) is 0 Å². The molecule has 0 aliphatic rings. The molecule has 1 atom stereocenters. The monoisotopic (exact) mass is 263 g/mol. The highest BCUT2D eigenvalue weighted by molar-refractivity contribution is 7.10. The number of carbonyl (C=O) groups is 1. The lowest BCUT2D eigenvalue weighted by Gasteiger charge is -2.22. The summed E-state index contributed by atoms with van der Waals surface area (Å²) in [4.78, 5) is 14.2. The van der Waals surface area contributed by atoms with Crippen molar-refractivity contribution in [2.75, 3.05) is 13.6 Å². The molecule has 0 fully saturated rings. The minimum absolute atomic E-state index is 0. The van der Waals surface area contributed by atoms with E-state index in [1.165, 1.54) is 0 Å². The van der Waals surface area contributed by atoms with Crippen molar-refractivity contribution in [3.05, 3.63) is 21.9 Å². The second kappa shape index (κ2) is 6.85. The molecule has 92 valence electrons. The van der Waals surface area contributed by atoms with Crippen LogP contribution in [0.3, 0.4) is 0 Å². The maximum Gasteiger partial charge on any atom is 0.249 e. The highest BCUT2D eigenvalue weighted by Crippen LogP contribution is 2.16. The Labute approximate surface area is 106 Å². The molecular formula is C10H18ClN3OS. The van der Waals surface area contributed by atoms with E-state index < -0.39 is 0 Å². The molecule has 1 unspecified atom stereocenters. The van der Waals surface area contributed by atoms with Gasteiger partial charge in [0, 0.05) is 29.4 Å². The maximum atomic E-state index is 10.9. The van der Waals surface area contributed by atoms with Crippen LogP contribution in [0, 0.1) is 0 Å². The van der Waals surface area contributed by atoms with Crippen LogP contribution in [-0.2, 0) is 6.54 Å². The maximum absolute atomic E-state index is 10.9. The standard InChI is InChI=1S/C10H17N3OS.ClH/c1-7(4-11)13(2)5-9-3-8(6-15-9)10(12)14;/h3,6-7H,4-5,11H2,1-2H3,(H2,12,14);1H. The van der Waals surface area contributed by atoms with Gasteiger partial charge in [-0.3, -0.25) is 9.69 Å². The Morgan fingerprint density at radius 1 is 1.62 bits per heavy atom. The number of likely N-dealkylation sites (N-methyl/N-ethyl adjacent to an activating group) is 1. The summed E-state index contributed by atoms with van der Waals surface area (Å²) < 4.78 is 0. The van der Waals surface area contributed by atoms with Crippen LogP contribution in [0.25, 0.3) is 0 Å². The summed E-state index contributed by atoms with van der Waals surface area (Å²) in [7, 11) is 2.02.